The smallest absolute Gasteiger partial charge is 0.0556 e. The first-order valence-electron chi connectivity index (χ1n) is 5.75. The molecular formula is C11H19N3O. The summed E-state index contributed by atoms with van der Waals surface area (Å²) in [4.78, 5) is 0. The van der Waals surface area contributed by atoms with Gasteiger partial charge < -0.3 is 10.4 Å². The van der Waals surface area contributed by atoms with Gasteiger partial charge >= 0.3 is 0 Å². The first-order chi connectivity index (χ1) is 7.40. The van der Waals surface area contributed by atoms with Crippen LogP contribution in [0.25, 0.3) is 0 Å². The second-order valence-corrected chi connectivity index (χ2v) is 4.17. The van der Waals surface area contributed by atoms with E-state index in [4.69, 9.17) is 5.11 Å². The number of nitrogens with zero attached hydrogens (tertiary/aromatic N) is 2. The average molecular weight is 209 g/mol. The van der Waals surface area contributed by atoms with E-state index in [1.165, 1.54) is 31.2 Å². The molecule has 1 fully saturated rings. The summed E-state index contributed by atoms with van der Waals surface area (Å²) in [5.74, 6) is 0. The zero-order valence-electron chi connectivity index (χ0n) is 9.02. The molecule has 2 rings (SSSR count). The standard InChI is InChI=1S/C11H19N3O/c15-6-5-12-7-10-8-13-14(9-10)11-3-1-2-4-11/h8-9,11-12,15H,1-7H2. The molecule has 1 saturated carbocycles. The molecular weight excluding hydrogens is 190 g/mol. The summed E-state index contributed by atoms with van der Waals surface area (Å²) in [7, 11) is 0. The molecule has 0 aromatic carbocycles. The number of rotatable bonds is 5. The molecule has 0 aliphatic heterocycles. The summed E-state index contributed by atoms with van der Waals surface area (Å²) in [5.41, 5.74) is 1.20. The van der Waals surface area contributed by atoms with Crippen LogP contribution in [0.15, 0.2) is 12.4 Å². The Morgan fingerprint density at radius 2 is 2.27 bits per heavy atom. The van der Waals surface area contributed by atoms with Gasteiger partial charge in [-0.15, -0.1) is 0 Å². The highest BCUT2D eigenvalue weighted by Crippen LogP contribution is 2.28. The van der Waals surface area contributed by atoms with Crippen molar-refractivity contribution in [3.8, 4) is 0 Å². The van der Waals surface area contributed by atoms with E-state index in [1.807, 2.05) is 6.20 Å². The van der Waals surface area contributed by atoms with Gasteiger partial charge in [0.1, 0.15) is 0 Å². The zero-order valence-corrected chi connectivity index (χ0v) is 9.02. The predicted octanol–water partition coefficient (Wildman–Crippen LogP) is 1.08. The summed E-state index contributed by atoms with van der Waals surface area (Å²) in [6.45, 7) is 1.64. The Hall–Kier alpha value is -0.870. The Bertz CT molecular complexity index is 292. The van der Waals surface area contributed by atoms with Crippen molar-refractivity contribution in [2.24, 2.45) is 0 Å². The van der Waals surface area contributed by atoms with Crippen molar-refractivity contribution in [1.29, 1.82) is 0 Å². The minimum absolute atomic E-state index is 0.191. The molecule has 4 nitrogen and oxygen atoms in total. The monoisotopic (exact) mass is 209 g/mol. The van der Waals surface area contributed by atoms with Crippen LogP contribution in [-0.2, 0) is 6.54 Å². The van der Waals surface area contributed by atoms with Gasteiger partial charge in [0, 0.05) is 24.8 Å². The van der Waals surface area contributed by atoms with Gasteiger partial charge in [0.2, 0.25) is 0 Å². The first-order valence-corrected chi connectivity index (χ1v) is 5.75. The highest BCUT2D eigenvalue weighted by Gasteiger charge is 2.17. The van der Waals surface area contributed by atoms with E-state index in [9.17, 15) is 0 Å². The van der Waals surface area contributed by atoms with Gasteiger partial charge in [-0.05, 0) is 12.8 Å². The lowest BCUT2D eigenvalue weighted by Crippen LogP contribution is -2.17. The van der Waals surface area contributed by atoms with Gasteiger partial charge in [-0.3, -0.25) is 4.68 Å². The van der Waals surface area contributed by atoms with Crippen LogP contribution in [-0.4, -0.2) is 28.0 Å². The van der Waals surface area contributed by atoms with E-state index in [-0.39, 0.29) is 6.61 Å². The Balaban J connectivity index is 1.86. The van der Waals surface area contributed by atoms with Crippen LogP contribution in [0.5, 0.6) is 0 Å². The molecule has 4 heteroatoms. The Kier molecular flexibility index (Phi) is 3.75. The zero-order chi connectivity index (χ0) is 10.5. The molecule has 0 unspecified atom stereocenters. The van der Waals surface area contributed by atoms with E-state index in [2.05, 4.69) is 21.3 Å². The lowest BCUT2D eigenvalue weighted by atomic mass is 10.2. The number of aliphatic hydroxyl groups excluding tert-OH is 1. The summed E-state index contributed by atoms with van der Waals surface area (Å²) in [5, 5.41) is 16.2. The highest BCUT2D eigenvalue weighted by atomic mass is 16.3. The average Bonchev–Trinajstić information content (AvgIpc) is 2.87. The summed E-state index contributed by atoms with van der Waals surface area (Å²) in [6.07, 6.45) is 9.25. The van der Waals surface area contributed by atoms with Crippen molar-refractivity contribution >= 4 is 0 Å². The van der Waals surface area contributed by atoms with Crippen LogP contribution in [0.4, 0.5) is 0 Å². The number of aliphatic hydroxyl groups is 1. The molecule has 15 heavy (non-hydrogen) atoms. The van der Waals surface area contributed by atoms with E-state index in [1.54, 1.807) is 0 Å². The van der Waals surface area contributed by atoms with Gasteiger partial charge in [-0.2, -0.15) is 5.10 Å². The van der Waals surface area contributed by atoms with Crippen molar-refractivity contribution in [1.82, 2.24) is 15.1 Å². The van der Waals surface area contributed by atoms with Crippen LogP contribution in [0.1, 0.15) is 37.3 Å². The SMILES string of the molecule is OCCNCc1cnn(C2CCCC2)c1. The molecule has 0 atom stereocenters. The molecule has 0 saturated heterocycles. The maximum atomic E-state index is 8.64. The number of hydrogen-bond acceptors (Lipinski definition) is 3. The van der Waals surface area contributed by atoms with Gasteiger partial charge in [0.15, 0.2) is 0 Å². The Morgan fingerprint density at radius 3 is 3.00 bits per heavy atom. The Labute approximate surface area is 90.3 Å². The van der Waals surface area contributed by atoms with Crippen molar-refractivity contribution in [3.05, 3.63) is 18.0 Å². The molecule has 1 heterocycles. The third kappa shape index (κ3) is 2.79. The molecule has 1 aromatic rings. The number of hydrogen-bond donors (Lipinski definition) is 2. The summed E-state index contributed by atoms with van der Waals surface area (Å²) < 4.78 is 2.10. The lowest BCUT2D eigenvalue weighted by molar-refractivity contribution is 0.292. The second kappa shape index (κ2) is 5.28. The molecule has 0 bridgehead atoms. The van der Waals surface area contributed by atoms with Gasteiger partial charge in [0.25, 0.3) is 0 Å². The molecule has 1 aliphatic carbocycles. The molecule has 0 radical (unpaired) electrons. The van der Waals surface area contributed by atoms with Gasteiger partial charge in [-0.1, -0.05) is 12.8 Å². The Morgan fingerprint density at radius 1 is 1.47 bits per heavy atom. The van der Waals surface area contributed by atoms with Crippen molar-refractivity contribution in [2.45, 2.75) is 38.3 Å². The molecule has 1 aliphatic rings. The first kappa shape index (κ1) is 10.6. The third-order valence-corrected chi connectivity index (χ3v) is 2.97. The number of nitrogens with one attached hydrogen (secondary N) is 1. The molecule has 2 N–H and O–H groups in total. The minimum Gasteiger partial charge on any atom is -0.395 e. The van der Waals surface area contributed by atoms with Crippen molar-refractivity contribution < 1.29 is 5.11 Å². The minimum atomic E-state index is 0.191. The maximum Gasteiger partial charge on any atom is 0.0556 e. The van der Waals surface area contributed by atoms with E-state index in [0.717, 1.165) is 6.54 Å². The topological polar surface area (TPSA) is 50.1 Å². The van der Waals surface area contributed by atoms with Crippen LogP contribution >= 0.6 is 0 Å². The van der Waals surface area contributed by atoms with Crippen LogP contribution < -0.4 is 5.32 Å². The maximum absolute atomic E-state index is 8.64. The molecule has 84 valence electrons. The van der Waals surface area contributed by atoms with E-state index < -0.39 is 0 Å². The van der Waals surface area contributed by atoms with Gasteiger partial charge in [0.05, 0.1) is 18.8 Å². The normalized spacial score (nSPS) is 17.4. The van der Waals surface area contributed by atoms with Crippen molar-refractivity contribution in [3.63, 3.8) is 0 Å². The fourth-order valence-electron chi connectivity index (χ4n) is 2.15. The van der Waals surface area contributed by atoms with E-state index in [0.29, 0.717) is 12.6 Å². The number of aromatic nitrogens is 2. The highest BCUT2D eigenvalue weighted by molar-refractivity contribution is 5.04. The molecule has 0 amide bonds. The predicted molar refractivity (Wildman–Crippen MR) is 58.5 cm³/mol. The van der Waals surface area contributed by atoms with Crippen molar-refractivity contribution in [2.75, 3.05) is 13.2 Å². The van der Waals surface area contributed by atoms with E-state index >= 15 is 0 Å². The second-order valence-electron chi connectivity index (χ2n) is 4.17. The van der Waals surface area contributed by atoms with Crippen LogP contribution in [0.2, 0.25) is 0 Å². The van der Waals surface area contributed by atoms with Gasteiger partial charge in [-0.25, -0.2) is 0 Å². The largest absolute Gasteiger partial charge is 0.395 e. The van der Waals surface area contributed by atoms with Crippen LogP contribution in [0, 0.1) is 0 Å². The fourth-order valence-corrected chi connectivity index (χ4v) is 2.15. The quantitative estimate of drug-likeness (QED) is 0.713. The fraction of sp³-hybridized carbons (Fsp3) is 0.727. The summed E-state index contributed by atoms with van der Waals surface area (Å²) in [6, 6.07) is 0.622. The molecule has 1 aromatic heterocycles. The third-order valence-electron chi connectivity index (χ3n) is 2.97. The lowest BCUT2D eigenvalue weighted by Gasteiger charge is -2.08. The van der Waals surface area contributed by atoms with Crippen LogP contribution in [0.3, 0.4) is 0 Å². The molecule has 0 spiro atoms. The summed E-state index contributed by atoms with van der Waals surface area (Å²) >= 11 is 0.